The molecule has 0 aromatic carbocycles. The molecule has 1 N–H and O–H groups in total. The fourth-order valence-electron chi connectivity index (χ4n) is 4.94. The van der Waals surface area contributed by atoms with Gasteiger partial charge in [-0.2, -0.15) is 10.2 Å². The van der Waals surface area contributed by atoms with Crippen molar-refractivity contribution in [3.63, 3.8) is 0 Å². The zero-order valence-corrected chi connectivity index (χ0v) is 37.7. The van der Waals surface area contributed by atoms with Crippen LogP contribution in [0.25, 0.3) is 11.3 Å². The molecule has 17 nitrogen and oxygen atoms in total. The summed E-state index contributed by atoms with van der Waals surface area (Å²) >= 11 is 11.6. The molecule has 4 aromatic rings. The van der Waals surface area contributed by atoms with Crippen molar-refractivity contribution in [2.45, 2.75) is 101 Å². The summed E-state index contributed by atoms with van der Waals surface area (Å²) in [5.41, 5.74) is 3.10. The van der Waals surface area contributed by atoms with E-state index in [0.717, 1.165) is 5.69 Å². The Morgan fingerprint density at radius 3 is 1.55 bits per heavy atom. The monoisotopic (exact) mass is 878 g/mol. The van der Waals surface area contributed by atoms with Gasteiger partial charge in [0.1, 0.15) is 24.0 Å². The Morgan fingerprint density at radius 1 is 0.683 bits per heavy atom. The molecule has 4 rings (SSSR count). The number of Topliss-reactive ketones (excluding diaryl/α,β-unsaturated/α-hetero) is 2. The van der Waals surface area contributed by atoms with Gasteiger partial charge in [-0.05, 0) is 39.5 Å². The molecule has 0 aliphatic rings. The number of ether oxygens (including phenoxy) is 4. The van der Waals surface area contributed by atoms with Crippen molar-refractivity contribution in [1.29, 1.82) is 0 Å². The molecule has 4 aromatic heterocycles. The number of rotatable bonds is 15. The van der Waals surface area contributed by atoms with Gasteiger partial charge in [-0.25, -0.2) is 33.4 Å². The number of carbonyl (C=O) groups is 6. The summed E-state index contributed by atoms with van der Waals surface area (Å²) in [6.45, 7) is 23.0. The molecular weight excluding hydrogens is 823 g/mol. The van der Waals surface area contributed by atoms with E-state index in [-0.39, 0.29) is 65.4 Å². The van der Waals surface area contributed by atoms with Crippen molar-refractivity contribution in [3.05, 3.63) is 69.2 Å². The molecule has 0 amide bonds. The van der Waals surface area contributed by atoms with Crippen LogP contribution in [0.15, 0.2) is 36.4 Å². The van der Waals surface area contributed by atoms with Crippen molar-refractivity contribution >= 4 is 69.9 Å². The average molecular weight is 880 g/mol. The highest BCUT2D eigenvalue weighted by atomic mass is 35.5. The van der Waals surface area contributed by atoms with Crippen LogP contribution in [0.1, 0.15) is 133 Å². The minimum Gasteiger partial charge on any atom is -0.500 e. The average Bonchev–Trinajstić information content (AvgIpc) is 3.75. The number of carbonyl (C=O) groups excluding carboxylic acids is 5. The number of carboxylic acid groups (broad SMARTS) is 1. The van der Waals surface area contributed by atoms with Gasteiger partial charge in [-0.3, -0.25) is 14.4 Å². The van der Waals surface area contributed by atoms with E-state index in [1.165, 1.54) is 23.2 Å². The maximum Gasteiger partial charge on any atom is 0.344 e. The molecule has 19 heteroatoms. The molecule has 0 bridgehead atoms. The summed E-state index contributed by atoms with van der Waals surface area (Å²) in [5, 5.41) is 17.9. The predicted molar refractivity (Wildman–Crippen MR) is 224 cm³/mol. The van der Waals surface area contributed by atoms with Crippen LogP contribution in [-0.4, -0.2) is 96.2 Å². The van der Waals surface area contributed by atoms with E-state index in [9.17, 15) is 28.8 Å². The van der Waals surface area contributed by atoms with Gasteiger partial charge in [-0.15, -0.1) is 0 Å². The molecule has 0 atom stereocenters. The van der Waals surface area contributed by atoms with Crippen LogP contribution in [0.3, 0.4) is 0 Å². The third-order valence-corrected chi connectivity index (χ3v) is 8.09. The first-order valence-electron chi connectivity index (χ1n) is 19.4. The van der Waals surface area contributed by atoms with Gasteiger partial charge in [0.05, 0.1) is 48.9 Å². The summed E-state index contributed by atoms with van der Waals surface area (Å²) in [5.74, 6) is -2.98. The molecule has 0 fully saturated rings. The fourth-order valence-corrected chi connectivity index (χ4v) is 5.29. The van der Waals surface area contributed by atoms with Crippen LogP contribution in [0, 0.1) is 11.8 Å². The van der Waals surface area contributed by atoms with Crippen LogP contribution in [0.4, 0.5) is 0 Å². The van der Waals surface area contributed by atoms with E-state index < -0.39 is 17.9 Å². The molecular formula is C41H56Cl2N6O11. The van der Waals surface area contributed by atoms with Crippen LogP contribution in [0.5, 0.6) is 0 Å². The van der Waals surface area contributed by atoms with E-state index in [1.54, 1.807) is 72.0 Å². The summed E-state index contributed by atoms with van der Waals surface area (Å²) in [7, 11) is 0. The number of hydrogen-bond acceptors (Lipinski definition) is 14. The van der Waals surface area contributed by atoms with E-state index >= 15 is 0 Å². The van der Waals surface area contributed by atoms with Crippen LogP contribution >= 0.6 is 23.2 Å². The van der Waals surface area contributed by atoms with Gasteiger partial charge in [0, 0.05) is 36.4 Å². The van der Waals surface area contributed by atoms with Crippen molar-refractivity contribution in [1.82, 2.24) is 29.2 Å². The molecule has 0 saturated heterocycles. The zero-order chi connectivity index (χ0) is 45.9. The Kier molecular flexibility index (Phi) is 22.7. The molecule has 0 aliphatic heterocycles. The minimum absolute atomic E-state index is 0.0197. The molecule has 330 valence electrons. The van der Waals surface area contributed by atoms with Gasteiger partial charge in [0.15, 0.2) is 27.4 Å². The fraction of sp³-hybridized carbons (Fsp3) is 0.512. The Hall–Kier alpha value is -5.42. The van der Waals surface area contributed by atoms with E-state index in [1.807, 2.05) is 27.7 Å². The smallest absolute Gasteiger partial charge is 0.344 e. The van der Waals surface area contributed by atoms with Crippen LogP contribution < -0.4 is 0 Å². The van der Waals surface area contributed by atoms with Crippen LogP contribution in [-0.2, 0) is 38.1 Å². The lowest BCUT2D eigenvalue weighted by molar-refractivity contribution is -0.146. The Balaban J connectivity index is 0.000000406. The molecule has 4 heterocycles. The van der Waals surface area contributed by atoms with Gasteiger partial charge in [0.25, 0.3) is 0 Å². The molecule has 60 heavy (non-hydrogen) atoms. The second kappa shape index (κ2) is 25.9. The zero-order valence-electron chi connectivity index (χ0n) is 36.2. The number of aromatic carboxylic acids is 1. The molecule has 0 saturated carbocycles. The van der Waals surface area contributed by atoms with Crippen LogP contribution in [0.2, 0.25) is 10.3 Å². The standard InChI is InChI=1S/C12H14ClN3O2.C11H18O4.C10H10ClN3O2.C8H14O3/c1-4-18-12(17)8-6-14-10-5-9(13)15-16(10)11(8)7(2)3;1-5-14-7-9(10(12)8(3)4)11(13)15-6-2;1-5(2)9-6(10(15)16)4-12-8-3-7(11)13-14(8)9;1-4-11-8(10)5-7(9)6(2)3/h5-7H,4H2,1-3H3;7-8H,5-6H2,1-4H3;3-5H,1-2H3,(H,15,16);6H,4-5H2,1-3H3/b;9-7-;;. The highest BCUT2D eigenvalue weighted by Crippen LogP contribution is 2.23. The highest BCUT2D eigenvalue weighted by molar-refractivity contribution is 6.30. The maximum atomic E-state index is 11.9. The number of ketones is 2. The van der Waals surface area contributed by atoms with Gasteiger partial charge in [0.2, 0.25) is 0 Å². The summed E-state index contributed by atoms with van der Waals surface area (Å²) in [4.78, 5) is 75.8. The Morgan fingerprint density at radius 2 is 1.15 bits per heavy atom. The third-order valence-electron chi connectivity index (χ3n) is 7.72. The molecule has 0 spiro atoms. The van der Waals surface area contributed by atoms with Crippen molar-refractivity contribution < 1.29 is 52.8 Å². The number of fused-ring (bicyclic) bond motifs is 2. The Labute approximate surface area is 359 Å². The van der Waals surface area contributed by atoms with Crippen molar-refractivity contribution in [3.8, 4) is 0 Å². The summed E-state index contributed by atoms with van der Waals surface area (Å²) in [6.07, 6.45) is 3.94. The second-order valence-corrected chi connectivity index (χ2v) is 14.5. The molecule has 0 aliphatic carbocycles. The quantitative estimate of drug-likeness (QED) is 0.0301. The van der Waals surface area contributed by atoms with E-state index in [4.69, 9.17) is 42.5 Å². The SMILES string of the molecule is CC(C)c1c(C(=O)O)cnc2cc(Cl)nn12.CCO/C=C(\C(=O)OCC)C(=O)C(C)C.CCOC(=O)CC(=O)C(C)C.CCOC(=O)c1cnc2cc(Cl)nn2c1C(C)C. The lowest BCUT2D eigenvalue weighted by Gasteiger charge is -2.12. The second-order valence-electron chi connectivity index (χ2n) is 13.8. The summed E-state index contributed by atoms with van der Waals surface area (Å²) in [6, 6.07) is 3.25. The third kappa shape index (κ3) is 16.0. The number of esters is 3. The van der Waals surface area contributed by atoms with Crippen molar-refractivity contribution in [2.75, 3.05) is 26.4 Å². The normalized spacial score (nSPS) is 11.0. The van der Waals surface area contributed by atoms with Crippen molar-refractivity contribution in [2.24, 2.45) is 11.8 Å². The highest BCUT2D eigenvalue weighted by Gasteiger charge is 2.23. The largest absolute Gasteiger partial charge is 0.500 e. The number of hydrogen-bond donors (Lipinski definition) is 1. The topological polar surface area (TPSA) is 220 Å². The lowest BCUT2D eigenvalue weighted by Crippen LogP contribution is -2.20. The predicted octanol–water partition coefficient (Wildman–Crippen LogP) is 7.75. The Bertz CT molecular complexity index is 2120. The first-order chi connectivity index (χ1) is 28.2. The van der Waals surface area contributed by atoms with Gasteiger partial charge in [-0.1, -0.05) is 78.6 Å². The molecule has 0 unspecified atom stereocenters. The number of aromatic nitrogens is 6. The summed E-state index contributed by atoms with van der Waals surface area (Å²) < 4.78 is 22.4. The first-order valence-corrected chi connectivity index (χ1v) is 20.1. The maximum absolute atomic E-state index is 11.9. The van der Waals surface area contributed by atoms with Gasteiger partial charge < -0.3 is 24.1 Å². The van der Waals surface area contributed by atoms with E-state index in [2.05, 4.69) is 24.9 Å². The number of nitrogens with zero attached hydrogens (tertiary/aromatic N) is 6. The molecule has 0 radical (unpaired) electrons. The number of carboxylic acids is 1. The first kappa shape index (κ1) is 52.6. The van der Waals surface area contributed by atoms with Gasteiger partial charge >= 0.3 is 23.9 Å². The van der Waals surface area contributed by atoms with E-state index in [0.29, 0.717) is 52.7 Å². The minimum atomic E-state index is -1.01. The lowest BCUT2D eigenvalue weighted by atomic mass is 10.0. The number of halogens is 2.